The summed E-state index contributed by atoms with van der Waals surface area (Å²) in [5.74, 6) is 0. The molecule has 2 heteroatoms. The zero-order chi connectivity index (χ0) is 37.0. The predicted molar refractivity (Wildman–Crippen MR) is 237 cm³/mol. The Hall–Kier alpha value is -7.42. The Morgan fingerprint density at radius 1 is 0.304 bits per heavy atom. The molecule has 1 aromatic heterocycles. The Bertz CT molecular complexity index is 3240. The summed E-state index contributed by atoms with van der Waals surface area (Å²) in [6.45, 7) is 0. The molecule has 0 aliphatic carbocycles. The number of furan rings is 1. The fourth-order valence-electron chi connectivity index (χ4n) is 8.61. The van der Waals surface area contributed by atoms with Crippen LogP contribution in [0.15, 0.2) is 217 Å². The van der Waals surface area contributed by atoms with Gasteiger partial charge in [-0.05, 0) is 109 Å². The molecule has 10 aromatic carbocycles. The van der Waals surface area contributed by atoms with Crippen molar-refractivity contribution < 1.29 is 4.42 Å². The van der Waals surface area contributed by atoms with Crippen LogP contribution in [0.3, 0.4) is 0 Å². The van der Waals surface area contributed by atoms with Crippen LogP contribution in [0.5, 0.6) is 0 Å². The molecule has 0 atom stereocenters. The van der Waals surface area contributed by atoms with Gasteiger partial charge in [-0.25, -0.2) is 0 Å². The molecular weight excluding hydrogens is 679 g/mol. The van der Waals surface area contributed by atoms with Crippen LogP contribution in [0, 0.1) is 0 Å². The third-order valence-electron chi connectivity index (χ3n) is 11.2. The molecule has 56 heavy (non-hydrogen) atoms. The fraction of sp³-hybridized carbons (Fsp3) is 0. The van der Waals surface area contributed by atoms with Gasteiger partial charge in [0.05, 0.1) is 5.69 Å². The Labute approximate surface area is 325 Å². The van der Waals surface area contributed by atoms with Gasteiger partial charge >= 0.3 is 0 Å². The van der Waals surface area contributed by atoms with Crippen molar-refractivity contribution in [3.8, 4) is 33.4 Å². The van der Waals surface area contributed by atoms with Gasteiger partial charge in [-0.3, -0.25) is 0 Å². The first-order chi connectivity index (χ1) is 27.8. The number of nitrogens with zero attached hydrogens (tertiary/aromatic N) is 1. The van der Waals surface area contributed by atoms with Crippen molar-refractivity contribution in [1.29, 1.82) is 0 Å². The number of hydrogen-bond donors (Lipinski definition) is 0. The summed E-state index contributed by atoms with van der Waals surface area (Å²) in [6.07, 6.45) is 0. The van der Waals surface area contributed by atoms with E-state index in [0.717, 1.165) is 33.6 Å². The summed E-state index contributed by atoms with van der Waals surface area (Å²) < 4.78 is 6.20. The molecule has 1 heterocycles. The van der Waals surface area contributed by atoms with E-state index in [9.17, 15) is 0 Å². The zero-order valence-corrected chi connectivity index (χ0v) is 30.6. The Morgan fingerprint density at radius 3 is 1.77 bits per heavy atom. The lowest BCUT2D eigenvalue weighted by molar-refractivity contribution is 0.669. The van der Waals surface area contributed by atoms with Crippen molar-refractivity contribution in [3.63, 3.8) is 0 Å². The topological polar surface area (TPSA) is 16.4 Å². The third-order valence-corrected chi connectivity index (χ3v) is 11.2. The molecule has 11 rings (SSSR count). The molecule has 0 unspecified atom stereocenters. The smallest absolute Gasteiger partial charge is 0.136 e. The van der Waals surface area contributed by atoms with Crippen molar-refractivity contribution in [2.75, 3.05) is 4.90 Å². The average molecular weight is 714 g/mol. The zero-order valence-electron chi connectivity index (χ0n) is 30.6. The van der Waals surface area contributed by atoms with Crippen LogP contribution < -0.4 is 4.90 Å². The lowest BCUT2D eigenvalue weighted by atomic mass is 9.94. The second kappa shape index (κ2) is 13.2. The van der Waals surface area contributed by atoms with Gasteiger partial charge in [-0.15, -0.1) is 0 Å². The quantitative estimate of drug-likeness (QED) is 0.171. The second-order valence-corrected chi connectivity index (χ2v) is 14.5. The molecule has 0 saturated heterocycles. The highest BCUT2D eigenvalue weighted by Crippen LogP contribution is 2.44. The van der Waals surface area contributed by atoms with Gasteiger partial charge in [0, 0.05) is 27.7 Å². The highest BCUT2D eigenvalue weighted by Gasteiger charge is 2.19. The summed E-state index contributed by atoms with van der Waals surface area (Å²) in [5, 5.41) is 9.64. The van der Waals surface area contributed by atoms with Gasteiger partial charge in [0.1, 0.15) is 11.2 Å². The van der Waals surface area contributed by atoms with Crippen molar-refractivity contribution in [3.05, 3.63) is 212 Å². The van der Waals surface area contributed by atoms with E-state index in [1.54, 1.807) is 0 Å². The summed E-state index contributed by atoms with van der Waals surface area (Å²) in [5.41, 5.74) is 12.4. The second-order valence-electron chi connectivity index (χ2n) is 14.5. The molecular formula is C54H35NO. The lowest BCUT2D eigenvalue weighted by Gasteiger charge is -2.28. The van der Waals surface area contributed by atoms with Gasteiger partial charge in [-0.1, -0.05) is 164 Å². The largest absolute Gasteiger partial charge is 0.456 e. The van der Waals surface area contributed by atoms with E-state index in [4.69, 9.17) is 4.42 Å². The summed E-state index contributed by atoms with van der Waals surface area (Å²) in [6, 6.07) is 76.6. The van der Waals surface area contributed by atoms with Crippen molar-refractivity contribution in [2.45, 2.75) is 0 Å². The van der Waals surface area contributed by atoms with E-state index in [1.807, 2.05) is 12.1 Å². The number of rotatable bonds is 6. The number of hydrogen-bond acceptors (Lipinski definition) is 2. The lowest BCUT2D eigenvalue weighted by Crippen LogP contribution is -2.11. The van der Waals surface area contributed by atoms with Crippen LogP contribution in [0.1, 0.15) is 0 Å². The minimum atomic E-state index is 0.921. The highest BCUT2D eigenvalue weighted by atomic mass is 16.3. The van der Waals surface area contributed by atoms with Crippen LogP contribution in [0.2, 0.25) is 0 Å². The maximum Gasteiger partial charge on any atom is 0.136 e. The fourth-order valence-corrected chi connectivity index (χ4v) is 8.61. The highest BCUT2D eigenvalue weighted by molar-refractivity contribution is 6.19. The average Bonchev–Trinajstić information content (AvgIpc) is 3.66. The van der Waals surface area contributed by atoms with Crippen LogP contribution in [0.25, 0.3) is 87.6 Å². The van der Waals surface area contributed by atoms with Gasteiger partial charge in [0.15, 0.2) is 0 Å². The first kappa shape index (κ1) is 32.0. The molecule has 0 radical (unpaired) electrons. The Morgan fingerprint density at radius 2 is 0.893 bits per heavy atom. The summed E-state index contributed by atoms with van der Waals surface area (Å²) in [7, 11) is 0. The van der Waals surface area contributed by atoms with E-state index in [2.05, 4.69) is 205 Å². The molecule has 0 N–H and O–H groups in total. The van der Waals surface area contributed by atoms with Gasteiger partial charge in [-0.2, -0.15) is 0 Å². The Kier molecular flexibility index (Phi) is 7.53. The molecule has 0 bridgehead atoms. The number of para-hydroxylation sites is 2. The minimum Gasteiger partial charge on any atom is -0.456 e. The number of benzene rings is 10. The normalized spacial score (nSPS) is 11.6. The third kappa shape index (κ3) is 5.34. The van der Waals surface area contributed by atoms with Gasteiger partial charge in [0.2, 0.25) is 0 Å². The molecule has 0 saturated carbocycles. The van der Waals surface area contributed by atoms with Crippen LogP contribution in [-0.2, 0) is 0 Å². The monoisotopic (exact) mass is 713 g/mol. The maximum atomic E-state index is 6.20. The molecule has 0 aliphatic heterocycles. The molecule has 0 fully saturated rings. The summed E-state index contributed by atoms with van der Waals surface area (Å²) >= 11 is 0. The molecule has 2 nitrogen and oxygen atoms in total. The van der Waals surface area contributed by atoms with E-state index in [0.29, 0.717) is 0 Å². The standard InChI is InChI=1S/C54H35NO/c1-2-12-37(13-3-1)48-18-6-8-22-51(48)55(42-28-24-38(25-29-42)45-20-10-15-36-14-4-5-17-44(36)45)43-30-32-47-39(35-43)16-11-21-46(47)40-26-31-49-41(34-40)27-33-53-54(49)50-19-7-9-23-52(50)56-53/h1-35H. The minimum absolute atomic E-state index is 0.921. The van der Waals surface area contributed by atoms with Crippen molar-refractivity contribution >= 4 is 71.3 Å². The number of fused-ring (bicyclic) bond motifs is 7. The van der Waals surface area contributed by atoms with Crippen LogP contribution in [-0.4, -0.2) is 0 Å². The van der Waals surface area contributed by atoms with Gasteiger partial charge < -0.3 is 9.32 Å². The molecule has 0 spiro atoms. The van der Waals surface area contributed by atoms with E-state index in [1.165, 1.54) is 71.1 Å². The van der Waals surface area contributed by atoms with Crippen molar-refractivity contribution in [2.24, 2.45) is 0 Å². The van der Waals surface area contributed by atoms with Crippen LogP contribution >= 0.6 is 0 Å². The van der Waals surface area contributed by atoms with Crippen molar-refractivity contribution in [1.82, 2.24) is 0 Å². The molecule has 0 aliphatic rings. The first-order valence-corrected chi connectivity index (χ1v) is 19.2. The predicted octanol–water partition coefficient (Wildman–Crippen LogP) is 15.5. The SMILES string of the molecule is c1ccc(-c2ccccc2N(c2ccc(-c3cccc4ccccc34)cc2)c2ccc3c(-c4ccc5c(ccc6oc7ccccc7c65)c4)cccc3c2)cc1. The molecule has 11 aromatic rings. The van der Waals surface area contributed by atoms with Gasteiger partial charge in [0.25, 0.3) is 0 Å². The molecule has 262 valence electrons. The van der Waals surface area contributed by atoms with E-state index < -0.39 is 0 Å². The maximum absolute atomic E-state index is 6.20. The van der Waals surface area contributed by atoms with Crippen LogP contribution in [0.4, 0.5) is 17.1 Å². The number of anilines is 3. The van der Waals surface area contributed by atoms with E-state index in [-0.39, 0.29) is 0 Å². The van der Waals surface area contributed by atoms with E-state index >= 15 is 0 Å². The Balaban J connectivity index is 1.04. The summed E-state index contributed by atoms with van der Waals surface area (Å²) in [4.78, 5) is 2.40. The molecule has 0 amide bonds. The first-order valence-electron chi connectivity index (χ1n) is 19.2.